The summed E-state index contributed by atoms with van der Waals surface area (Å²) in [5.74, 6) is 2.67. The van der Waals surface area contributed by atoms with Crippen molar-refractivity contribution >= 4 is 9.84 Å². The van der Waals surface area contributed by atoms with Crippen molar-refractivity contribution in [2.45, 2.75) is 39.7 Å². The van der Waals surface area contributed by atoms with Crippen LogP contribution in [-0.2, 0) is 16.4 Å². The lowest BCUT2D eigenvalue weighted by atomic mass is 9.98. The van der Waals surface area contributed by atoms with Crippen LogP contribution < -0.4 is 0 Å². The Kier molecular flexibility index (Phi) is 5.37. The first-order valence-electron chi connectivity index (χ1n) is 7.61. The standard InChI is InChI=1S/C14H26N4O2S/c1-12-15-13(2)18(16-12)11-14-6-4-7-17(10-14)8-5-9-21(3,19)20/h14H,4-11H2,1-3H3. The van der Waals surface area contributed by atoms with Crippen molar-refractivity contribution in [3.63, 3.8) is 0 Å². The van der Waals surface area contributed by atoms with Gasteiger partial charge in [-0.15, -0.1) is 0 Å². The van der Waals surface area contributed by atoms with Gasteiger partial charge < -0.3 is 4.90 Å². The van der Waals surface area contributed by atoms with Crippen LogP contribution in [0.4, 0.5) is 0 Å². The zero-order valence-corrected chi connectivity index (χ0v) is 14.1. The second-order valence-corrected chi connectivity index (χ2v) is 8.44. The Morgan fingerprint density at radius 3 is 2.71 bits per heavy atom. The van der Waals surface area contributed by atoms with Gasteiger partial charge in [0.05, 0.1) is 5.75 Å². The topological polar surface area (TPSA) is 68.1 Å². The molecular formula is C14H26N4O2S. The summed E-state index contributed by atoms with van der Waals surface area (Å²) in [5.41, 5.74) is 0. The molecule has 0 spiro atoms. The smallest absolute Gasteiger partial charge is 0.147 e. The molecule has 2 rings (SSSR count). The van der Waals surface area contributed by atoms with Crippen LogP contribution in [0.1, 0.15) is 30.9 Å². The van der Waals surface area contributed by atoms with Gasteiger partial charge in [-0.1, -0.05) is 0 Å². The highest BCUT2D eigenvalue weighted by molar-refractivity contribution is 7.90. The molecule has 6 nitrogen and oxygen atoms in total. The van der Waals surface area contributed by atoms with E-state index in [2.05, 4.69) is 15.0 Å². The molecule has 1 atom stereocenters. The number of nitrogens with zero attached hydrogens (tertiary/aromatic N) is 4. The minimum absolute atomic E-state index is 0.287. The summed E-state index contributed by atoms with van der Waals surface area (Å²) in [5, 5.41) is 4.43. The highest BCUT2D eigenvalue weighted by atomic mass is 32.2. The Hall–Kier alpha value is -0.950. The molecule has 7 heteroatoms. The van der Waals surface area contributed by atoms with E-state index in [1.165, 1.54) is 19.1 Å². The molecule has 2 heterocycles. The maximum absolute atomic E-state index is 11.2. The number of piperidine rings is 1. The van der Waals surface area contributed by atoms with Crippen molar-refractivity contribution in [2.75, 3.05) is 31.6 Å². The Morgan fingerprint density at radius 2 is 2.10 bits per heavy atom. The Labute approximate surface area is 127 Å². The molecule has 0 aromatic carbocycles. The number of aromatic nitrogens is 3. The van der Waals surface area contributed by atoms with Crippen LogP contribution in [0.25, 0.3) is 0 Å². The first-order valence-corrected chi connectivity index (χ1v) is 9.67. The molecule has 1 aromatic heterocycles. The molecule has 1 saturated heterocycles. The van der Waals surface area contributed by atoms with E-state index in [9.17, 15) is 8.42 Å². The van der Waals surface area contributed by atoms with E-state index in [4.69, 9.17) is 0 Å². The van der Waals surface area contributed by atoms with Crippen molar-refractivity contribution in [1.29, 1.82) is 0 Å². The van der Waals surface area contributed by atoms with Crippen LogP contribution >= 0.6 is 0 Å². The van der Waals surface area contributed by atoms with E-state index < -0.39 is 9.84 Å². The van der Waals surface area contributed by atoms with Gasteiger partial charge in [-0.05, 0) is 52.1 Å². The molecule has 0 aliphatic carbocycles. The van der Waals surface area contributed by atoms with Gasteiger partial charge in [0.15, 0.2) is 0 Å². The molecule has 1 aliphatic heterocycles. The largest absolute Gasteiger partial charge is 0.303 e. The number of aryl methyl sites for hydroxylation is 2. The summed E-state index contributed by atoms with van der Waals surface area (Å²) < 4.78 is 24.4. The van der Waals surface area contributed by atoms with Gasteiger partial charge >= 0.3 is 0 Å². The summed E-state index contributed by atoms with van der Waals surface area (Å²) in [6.07, 6.45) is 4.42. The molecule has 0 N–H and O–H groups in total. The monoisotopic (exact) mass is 314 g/mol. The molecule has 1 unspecified atom stereocenters. The highest BCUT2D eigenvalue weighted by Gasteiger charge is 2.21. The molecule has 1 aliphatic rings. The highest BCUT2D eigenvalue weighted by Crippen LogP contribution is 2.19. The van der Waals surface area contributed by atoms with Crippen molar-refractivity contribution in [2.24, 2.45) is 5.92 Å². The molecule has 1 aromatic rings. The SMILES string of the molecule is Cc1nc(C)n(CC2CCCN(CCCS(C)(=O)=O)C2)n1. The van der Waals surface area contributed by atoms with Crippen molar-refractivity contribution in [3.8, 4) is 0 Å². The van der Waals surface area contributed by atoms with E-state index in [1.54, 1.807) is 0 Å². The first-order chi connectivity index (χ1) is 9.83. The Morgan fingerprint density at radius 1 is 1.33 bits per heavy atom. The zero-order valence-electron chi connectivity index (χ0n) is 13.2. The fourth-order valence-electron chi connectivity index (χ4n) is 3.03. The van der Waals surface area contributed by atoms with Gasteiger partial charge in [0.1, 0.15) is 21.5 Å². The maximum Gasteiger partial charge on any atom is 0.147 e. The maximum atomic E-state index is 11.2. The predicted octanol–water partition coefficient (Wildman–Crippen LogP) is 1.04. The average Bonchev–Trinajstić information content (AvgIpc) is 2.66. The molecule has 1 fully saturated rings. The van der Waals surface area contributed by atoms with E-state index in [0.717, 1.165) is 44.2 Å². The van der Waals surface area contributed by atoms with Crippen molar-refractivity contribution in [1.82, 2.24) is 19.7 Å². The fraction of sp³-hybridized carbons (Fsp3) is 0.857. The fourth-order valence-corrected chi connectivity index (χ4v) is 3.69. The van der Waals surface area contributed by atoms with Gasteiger partial charge in [0, 0.05) is 19.3 Å². The molecule has 0 saturated carbocycles. The van der Waals surface area contributed by atoms with Gasteiger partial charge in [0.25, 0.3) is 0 Å². The van der Waals surface area contributed by atoms with Crippen LogP contribution in [0.2, 0.25) is 0 Å². The van der Waals surface area contributed by atoms with Crippen molar-refractivity contribution < 1.29 is 8.42 Å². The molecule has 0 radical (unpaired) electrons. The summed E-state index contributed by atoms with van der Waals surface area (Å²) in [4.78, 5) is 6.73. The summed E-state index contributed by atoms with van der Waals surface area (Å²) in [6.45, 7) is 7.81. The van der Waals surface area contributed by atoms with Crippen molar-refractivity contribution in [3.05, 3.63) is 11.6 Å². The minimum atomic E-state index is -2.84. The van der Waals surface area contributed by atoms with E-state index >= 15 is 0 Å². The third-order valence-corrected chi connectivity index (χ3v) is 5.02. The van der Waals surface area contributed by atoms with Crippen LogP contribution in [0, 0.1) is 19.8 Å². The lowest BCUT2D eigenvalue weighted by molar-refractivity contribution is 0.159. The number of hydrogen-bond acceptors (Lipinski definition) is 5. The quantitative estimate of drug-likeness (QED) is 0.785. The Balaban J connectivity index is 1.82. The van der Waals surface area contributed by atoms with E-state index in [1.807, 2.05) is 18.5 Å². The zero-order chi connectivity index (χ0) is 15.5. The minimum Gasteiger partial charge on any atom is -0.303 e. The normalized spacial score (nSPS) is 20.8. The van der Waals surface area contributed by atoms with Crippen LogP contribution in [0.15, 0.2) is 0 Å². The average molecular weight is 314 g/mol. The molecule has 21 heavy (non-hydrogen) atoms. The molecule has 0 amide bonds. The van der Waals surface area contributed by atoms with Gasteiger partial charge in [0.2, 0.25) is 0 Å². The van der Waals surface area contributed by atoms with Gasteiger partial charge in [-0.25, -0.2) is 18.1 Å². The van der Waals surface area contributed by atoms with Crippen LogP contribution in [0.5, 0.6) is 0 Å². The summed E-state index contributed by atoms with van der Waals surface area (Å²) in [7, 11) is -2.84. The lowest BCUT2D eigenvalue weighted by Gasteiger charge is -2.32. The van der Waals surface area contributed by atoms with Gasteiger partial charge in [-0.2, -0.15) is 5.10 Å². The predicted molar refractivity (Wildman–Crippen MR) is 83.0 cm³/mol. The van der Waals surface area contributed by atoms with E-state index in [-0.39, 0.29) is 5.75 Å². The van der Waals surface area contributed by atoms with Crippen LogP contribution in [0.3, 0.4) is 0 Å². The second kappa shape index (κ2) is 6.87. The lowest BCUT2D eigenvalue weighted by Crippen LogP contribution is -2.38. The summed E-state index contributed by atoms with van der Waals surface area (Å²) in [6, 6.07) is 0. The third-order valence-electron chi connectivity index (χ3n) is 3.99. The first kappa shape index (κ1) is 16.4. The summed E-state index contributed by atoms with van der Waals surface area (Å²) >= 11 is 0. The molecule has 0 bridgehead atoms. The second-order valence-electron chi connectivity index (χ2n) is 6.18. The third kappa shape index (κ3) is 5.39. The molecular weight excluding hydrogens is 288 g/mol. The molecule has 120 valence electrons. The Bertz CT molecular complexity index is 568. The van der Waals surface area contributed by atoms with Crippen LogP contribution in [-0.4, -0.2) is 59.7 Å². The van der Waals surface area contributed by atoms with Gasteiger partial charge in [-0.3, -0.25) is 0 Å². The van der Waals surface area contributed by atoms with E-state index in [0.29, 0.717) is 5.92 Å². The number of rotatable bonds is 6. The number of sulfone groups is 1. The number of hydrogen-bond donors (Lipinski definition) is 0. The number of likely N-dealkylation sites (tertiary alicyclic amines) is 1.